The van der Waals surface area contributed by atoms with Crippen molar-refractivity contribution in [2.45, 2.75) is 38.6 Å². The molecule has 0 saturated carbocycles. The highest BCUT2D eigenvalue weighted by atomic mass is 19.4. The topological polar surface area (TPSA) is 71.2 Å². The van der Waals surface area contributed by atoms with Crippen LogP contribution in [-0.2, 0) is 6.18 Å². The van der Waals surface area contributed by atoms with Crippen LogP contribution in [0.15, 0.2) is 35.1 Å². The van der Waals surface area contributed by atoms with E-state index in [2.05, 4.69) is 5.32 Å². The molecule has 2 N–H and O–H groups in total. The Bertz CT molecular complexity index is 905. The molecule has 1 aromatic heterocycles. The van der Waals surface area contributed by atoms with Crippen LogP contribution in [0.25, 0.3) is 0 Å². The number of aryl methyl sites for hydroxylation is 1. The van der Waals surface area contributed by atoms with E-state index in [0.717, 1.165) is 17.2 Å². The minimum atomic E-state index is -4.68. The lowest BCUT2D eigenvalue weighted by Gasteiger charge is -2.19. The average molecular weight is 366 g/mol. The van der Waals surface area contributed by atoms with E-state index in [9.17, 15) is 22.8 Å². The summed E-state index contributed by atoms with van der Waals surface area (Å²) in [7, 11) is 0. The Balaban J connectivity index is 1.87. The van der Waals surface area contributed by atoms with Crippen molar-refractivity contribution in [1.82, 2.24) is 10.3 Å². The van der Waals surface area contributed by atoms with Crippen LogP contribution in [0.4, 0.5) is 13.2 Å². The van der Waals surface area contributed by atoms with E-state index in [0.29, 0.717) is 18.2 Å². The highest BCUT2D eigenvalue weighted by Crippen LogP contribution is 2.38. The first-order valence-corrected chi connectivity index (χ1v) is 8.09. The number of carbonyl (C=O) groups is 1. The van der Waals surface area contributed by atoms with E-state index in [1.54, 1.807) is 4.98 Å². The van der Waals surface area contributed by atoms with Crippen LogP contribution in [0.2, 0.25) is 0 Å². The number of ether oxygens (including phenoxy) is 1. The van der Waals surface area contributed by atoms with E-state index in [4.69, 9.17) is 4.74 Å². The van der Waals surface area contributed by atoms with E-state index >= 15 is 0 Å². The second-order valence-electron chi connectivity index (χ2n) is 6.17. The van der Waals surface area contributed by atoms with Gasteiger partial charge in [0.05, 0.1) is 6.04 Å². The van der Waals surface area contributed by atoms with Gasteiger partial charge in [-0.2, -0.15) is 13.2 Å². The lowest BCUT2D eigenvalue weighted by molar-refractivity contribution is -0.141. The summed E-state index contributed by atoms with van der Waals surface area (Å²) in [5.41, 5.74) is -0.888. The maximum absolute atomic E-state index is 12.6. The van der Waals surface area contributed by atoms with Gasteiger partial charge in [0.15, 0.2) is 0 Å². The molecule has 0 aliphatic carbocycles. The molecule has 0 saturated heterocycles. The Kier molecular flexibility index (Phi) is 4.52. The third-order valence-electron chi connectivity index (χ3n) is 4.30. The molecule has 2 heterocycles. The predicted octanol–water partition coefficient (Wildman–Crippen LogP) is 3.34. The lowest BCUT2D eigenvalue weighted by Crippen LogP contribution is -2.37. The number of aromatic amines is 1. The van der Waals surface area contributed by atoms with Crippen molar-refractivity contribution in [3.05, 3.63) is 63.1 Å². The van der Waals surface area contributed by atoms with Gasteiger partial charge in [0.2, 0.25) is 0 Å². The Labute approximate surface area is 147 Å². The lowest BCUT2D eigenvalue weighted by atomic mass is 10.0. The molecule has 0 unspecified atom stereocenters. The van der Waals surface area contributed by atoms with Gasteiger partial charge in [-0.05, 0) is 37.1 Å². The van der Waals surface area contributed by atoms with Crippen molar-refractivity contribution in [3.63, 3.8) is 0 Å². The van der Waals surface area contributed by atoms with Crippen LogP contribution >= 0.6 is 0 Å². The standard InChI is InChI=1S/C18H17F3N2O3/c1-3-12-15(10-5-4-9(2)8-13(10)26-12)23-17(25)11-6-7-14(18(19,20)21)22-16(11)24/h4-8,12,15H,3H2,1-2H3,(H,22,24)(H,23,25)/t12-,15-/m0/s1. The normalized spacial score (nSPS) is 19.0. The smallest absolute Gasteiger partial charge is 0.431 e. The third kappa shape index (κ3) is 3.31. The van der Waals surface area contributed by atoms with Crippen molar-refractivity contribution in [1.29, 1.82) is 0 Å². The number of nitrogens with one attached hydrogen (secondary N) is 2. The number of halogens is 3. The third-order valence-corrected chi connectivity index (χ3v) is 4.30. The number of rotatable bonds is 3. The summed E-state index contributed by atoms with van der Waals surface area (Å²) < 4.78 is 43.7. The summed E-state index contributed by atoms with van der Waals surface area (Å²) >= 11 is 0. The fraction of sp³-hybridized carbons (Fsp3) is 0.333. The van der Waals surface area contributed by atoms with Gasteiger partial charge in [0.25, 0.3) is 11.5 Å². The van der Waals surface area contributed by atoms with Gasteiger partial charge in [-0.1, -0.05) is 19.1 Å². The molecule has 0 bridgehead atoms. The molecule has 138 valence electrons. The van der Waals surface area contributed by atoms with Crippen molar-refractivity contribution in [2.75, 3.05) is 0 Å². The molecule has 26 heavy (non-hydrogen) atoms. The van der Waals surface area contributed by atoms with E-state index in [-0.39, 0.29) is 11.7 Å². The molecule has 8 heteroatoms. The Morgan fingerprint density at radius 3 is 2.62 bits per heavy atom. The second kappa shape index (κ2) is 6.51. The molecule has 2 aromatic rings. The van der Waals surface area contributed by atoms with Crippen molar-refractivity contribution in [2.24, 2.45) is 0 Å². The molecule has 0 spiro atoms. The molecule has 0 radical (unpaired) electrons. The number of alkyl halides is 3. The fourth-order valence-corrected chi connectivity index (χ4v) is 2.96. The molecule has 0 fully saturated rings. The SMILES string of the molecule is CC[C@@H]1Oc2cc(C)ccc2[C@@H]1NC(=O)c1ccc(C(F)(F)F)[nH]c1=O. The van der Waals surface area contributed by atoms with Crippen molar-refractivity contribution in [3.8, 4) is 5.75 Å². The quantitative estimate of drug-likeness (QED) is 0.875. The van der Waals surface area contributed by atoms with Crippen molar-refractivity contribution >= 4 is 5.91 Å². The monoisotopic (exact) mass is 366 g/mol. The first-order chi connectivity index (χ1) is 12.2. The van der Waals surface area contributed by atoms with E-state index < -0.39 is 29.4 Å². The van der Waals surface area contributed by atoms with Crippen LogP contribution in [0.1, 0.15) is 46.6 Å². The Morgan fingerprint density at radius 1 is 1.27 bits per heavy atom. The van der Waals surface area contributed by atoms with E-state index in [1.807, 2.05) is 32.0 Å². The highest BCUT2D eigenvalue weighted by Gasteiger charge is 2.36. The maximum atomic E-state index is 12.6. The number of benzene rings is 1. The summed E-state index contributed by atoms with van der Waals surface area (Å²) in [5, 5.41) is 2.71. The van der Waals surface area contributed by atoms with Gasteiger partial charge >= 0.3 is 6.18 Å². The number of aromatic nitrogens is 1. The number of amides is 1. The zero-order valence-electron chi connectivity index (χ0n) is 14.1. The molecular weight excluding hydrogens is 349 g/mol. The zero-order valence-corrected chi connectivity index (χ0v) is 14.1. The number of carbonyl (C=O) groups excluding carboxylic acids is 1. The van der Waals surface area contributed by atoms with Crippen molar-refractivity contribution < 1.29 is 22.7 Å². The summed E-state index contributed by atoms with van der Waals surface area (Å²) in [6.07, 6.45) is -4.39. The van der Waals surface area contributed by atoms with Crippen LogP contribution in [0.5, 0.6) is 5.75 Å². The zero-order chi connectivity index (χ0) is 19.1. The van der Waals surface area contributed by atoms with Crippen LogP contribution < -0.4 is 15.6 Å². The van der Waals surface area contributed by atoms with Crippen LogP contribution in [0.3, 0.4) is 0 Å². The number of pyridine rings is 1. The molecule has 1 aliphatic heterocycles. The van der Waals surface area contributed by atoms with Gasteiger partial charge in [-0.3, -0.25) is 9.59 Å². The molecule has 5 nitrogen and oxygen atoms in total. The molecule has 1 aliphatic rings. The maximum Gasteiger partial charge on any atom is 0.431 e. The predicted molar refractivity (Wildman–Crippen MR) is 88.2 cm³/mol. The number of hydrogen-bond acceptors (Lipinski definition) is 3. The van der Waals surface area contributed by atoms with Gasteiger partial charge in [0.1, 0.15) is 23.1 Å². The first kappa shape index (κ1) is 18.0. The number of fused-ring (bicyclic) bond motifs is 1. The number of hydrogen-bond donors (Lipinski definition) is 2. The first-order valence-electron chi connectivity index (χ1n) is 8.09. The summed E-state index contributed by atoms with van der Waals surface area (Å²) in [6, 6.07) is 6.64. The molecular formula is C18H17F3N2O3. The Morgan fingerprint density at radius 2 is 2.00 bits per heavy atom. The minimum Gasteiger partial charge on any atom is -0.488 e. The average Bonchev–Trinajstić information content (AvgIpc) is 2.90. The highest BCUT2D eigenvalue weighted by molar-refractivity contribution is 5.94. The molecule has 3 rings (SSSR count). The number of H-pyrrole nitrogens is 1. The molecule has 2 atom stereocenters. The molecule has 1 aromatic carbocycles. The van der Waals surface area contributed by atoms with Crippen LogP contribution in [-0.4, -0.2) is 17.0 Å². The van der Waals surface area contributed by atoms with E-state index in [1.165, 1.54) is 0 Å². The largest absolute Gasteiger partial charge is 0.488 e. The fourth-order valence-electron chi connectivity index (χ4n) is 2.96. The Hall–Kier alpha value is -2.77. The van der Waals surface area contributed by atoms with Gasteiger partial charge in [-0.25, -0.2) is 0 Å². The van der Waals surface area contributed by atoms with Gasteiger partial charge in [-0.15, -0.1) is 0 Å². The minimum absolute atomic E-state index is 0.315. The summed E-state index contributed by atoms with van der Waals surface area (Å²) in [5.74, 6) is -0.0936. The second-order valence-corrected chi connectivity index (χ2v) is 6.17. The summed E-state index contributed by atoms with van der Waals surface area (Å²) in [4.78, 5) is 26.0. The van der Waals surface area contributed by atoms with Gasteiger partial charge < -0.3 is 15.0 Å². The van der Waals surface area contributed by atoms with Gasteiger partial charge in [0, 0.05) is 5.56 Å². The molecule has 1 amide bonds. The van der Waals surface area contributed by atoms with Crippen LogP contribution in [0, 0.1) is 6.92 Å². The summed E-state index contributed by atoms with van der Waals surface area (Å²) in [6.45, 7) is 3.81.